The van der Waals surface area contributed by atoms with E-state index in [1.807, 2.05) is 6.92 Å². The molecule has 1 fully saturated rings. The van der Waals surface area contributed by atoms with Crippen molar-refractivity contribution in [1.82, 2.24) is 10.3 Å². The van der Waals surface area contributed by atoms with Gasteiger partial charge < -0.3 is 5.32 Å². The molecule has 1 aliphatic carbocycles. The van der Waals surface area contributed by atoms with E-state index >= 15 is 0 Å². The van der Waals surface area contributed by atoms with Crippen LogP contribution in [0.25, 0.3) is 0 Å². The van der Waals surface area contributed by atoms with Crippen LogP contribution < -0.4 is 5.32 Å². The Kier molecular flexibility index (Phi) is 5.26. The van der Waals surface area contributed by atoms with E-state index in [-0.39, 0.29) is 0 Å². The van der Waals surface area contributed by atoms with Crippen LogP contribution in [0.1, 0.15) is 36.4 Å². The number of nitrogens with zero attached hydrogens (tertiary/aromatic N) is 1. The molecule has 0 radical (unpaired) electrons. The number of rotatable bonds is 5. The van der Waals surface area contributed by atoms with E-state index < -0.39 is 0 Å². The first kappa shape index (κ1) is 13.3. The SMILES string of the molecule is Cc1csc(CNCC2CCCCC2CCl)n1. The maximum Gasteiger partial charge on any atom is 0.107 e. The summed E-state index contributed by atoms with van der Waals surface area (Å²) in [5.74, 6) is 2.31. The van der Waals surface area contributed by atoms with Crippen molar-refractivity contribution >= 4 is 22.9 Å². The van der Waals surface area contributed by atoms with Crippen molar-refractivity contribution in [3.8, 4) is 0 Å². The molecule has 1 aromatic heterocycles. The molecule has 4 heteroatoms. The highest BCUT2D eigenvalue weighted by Crippen LogP contribution is 2.30. The van der Waals surface area contributed by atoms with Crippen molar-refractivity contribution in [3.05, 3.63) is 16.1 Å². The van der Waals surface area contributed by atoms with Gasteiger partial charge in [-0.3, -0.25) is 0 Å². The fourth-order valence-corrected chi connectivity index (χ4v) is 3.75. The monoisotopic (exact) mass is 272 g/mol. The molecule has 1 aliphatic rings. The maximum atomic E-state index is 6.04. The standard InChI is InChI=1S/C13H21ClN2S/c1-10-9-17-13(16-10)8-15-7-12-5-3-2-4-11(12)6-14/h9,11-12,15H,2-8H2,1H3. The zero-order valence-electron chi connectivity index (χ0n) is 10.4. The molecule has 0 saturated heterocycles. The highest BCUT2D eigenvalue weighted by atomic mass is 35.5. The lowest BCUT2D eigenvalue weighted by molar-refractivity contribution is 0.250. The fraction of sp³-hybridized carbons (Fsp3) is 0.769. The smallest absolute Gasteiger partial charge is 0.107 e. The molecule has 1 N–H and O–H groups in total. The third-order valence-electron chi connectivity index (χ3n) is 3.61. The third-order valence-corrected chi connectivity index (χ3v) is 4.98. The van der Waals surface area contributed by atoms with E-state index in [0.717, 1.165) is 36.5 Å². The summed E-state index contributed by atoms with van der Waals surface area (Å²) in [4.78, 5) is 4.46. The summed E-state index contributed by atoms with van der Waals surface area (Å²) in [6.07, 6.45) is 5.38. The molecule has 1 heterocycles. The van der Waals surface area contributed by atoms with Gasteiger partial charge in [-0.15, -0.1) is 22.9 Å². The first-order valence-corrected chi connectivity index (χ1v) is 7.88. The van der Waals surface area contributed by atoms with E-state index in [1.165, 1.54) is 30.7 Å². The van der Waals surface area contributed by atoms with Crippen molar-refractivity contribution in [3.63, 3.8) is 0 Å². The zero-order chi connectivity index (χ0) is 12.1. The first-order chi connectivity index (χ1) is 8.29. The molecule has 2 atom stereocenters. The largest absolute Gasteiger partial charge is 0.310 e. The van der Waals surface area contributed by atoms with E-state index in [0.29, 0.717) is 0 Å². The molecule has 0 aromatic carbocycles. The molecular formula is C13H21ClN2S. The second-order valence-corrected chi connectivity index (χ2v) is 6.22. The van der Waals surface area contributed by atoms with Crippen molar-refractivity contribution < 1.29 is 0 Å². The van der Waals surface area contributed by atoms with E-state index in [2.05, 4.69) is 15.7 Å². The molecule has 2 unspecified atom stereocenters. The Bertz CT molecular complexity index is 340. The van der Waals surface area contributed by atoms with Crippen LogP contribution in [0.4, 0.5) is 0 Å². The highest BCUT2D eigenvalue weighted by molar-refractivity contribution is 7.09. The normalized spacial score (nSPS) is 25.1. The lowest BCUT2D eigenvalue weighted by Crippen LogP contribution is -2.31. The van der Waals surface area contributed by atoms with Crippen molar-refractivity contribution in [2.45, 2.75) is 39.2 Å². The van der Waals surface area contributed by atoms with Gasteiger partial charge >= 0.3 is 0 Å². The lowest BCUT2D eigenvalue weighted by atomic mass is 9.80. The average molecular weight is 273 g/mol. The third kappa shape index (κ3) is 3.94. The first-order valence-electron chi connectivity index (χ1n) is 6.47. The number of thiazole rings is 1. The van der Waals surface area contributed by atoms with Gasteiger partial charge in [0, 0.05) is 23.5 Å². The Balaban J connectivity index is 1.73. The van der Waals surface area contributed by atoms with Crippen molar-refractivity contribution in [2.75, 3.05) is 12.4 Å². The van der Waals surface area contributed by atoms with Crippen LogP contribution in [-0.4, -0.2) is 17.4 Å². The van der Waals surface area contributed by atoms with Crippen LogP contribution in [0.5, 0.6) is 0 Å². The Morgan fingerprint density at radius 3 is 2.82 bits per heavy atom. The number of hydrogen-bond acceptors (Lipinski definition) is 3. The molecule has 2 rings (SSSR count). The molecule has 17 heavy (non-hydrogen) atoms. The van der Waals surface area contributed by atoms with E-state index in [1.54, 1.807) is 11.3 Å². The van der Waals surface area contributed by atoms with Crippen molar-refractivity contribution in [2.24, 2.45) is 11.8 Å². The van der Waals surface area contributed by atoms with Gasteiger partial charge in [-0.25, -0.2) is 4.98 Å². The van der Waals surface area contributed by atoms with Crippen LogP contribution in [0.3, 0.4) is 0 Å². The number of nitrogens with one attached hydrogen (secondary N) is 1. The molecule has 0 spiro atoms. The minimum absolute atomic E-state index is 0.718. The van der Waals surface area contributed by atoms with E-state index in [9.17, 15) is 0 Å². The number of aryl methyl sites for hydroxylation is 1. The lowest BCUT2D eigenvalue weighted by Gasteiger charge is -2.30. The van der Waals surface area contributed by atoms with Crippen LogP contribution in [0.15, 0.2) is 5.38 Å². The van der Waals surface area contributed by atoms with Crippen LogP contribution in [0.2, 0.25) is 0 Å². The molecule has 2 nitrogen and oxygen atoms in total. The Labute approximate surface area is 113 Å². The number of aromatic nitrogens is 1. The van der Waals surface area contributed by atoms with Gasteiger partial charge in [0.25, 0.3) is 0 Å². The van der Waals surface area contributed by atoms with Gasteiger partial charge in [0.2, 0.25) is 0 Å². The molecule has 0 bridgehead atoms. The summed E-state index contributed by atoms with van der Waals surface area (Å²) in [6.45, 7) is 4.05. The maximum absolute atomic E-state index is 6.04. The summed E-state index contributed by atoms with van der Waals surface area (Å²) in [6, 6.07) is 0. The second kappa shape index (κ2) is 6.72. The molecular weight excluding hydrogens is 252 g/mol. The summed E-state index contributed by atoms with van der Waals surface area (Å²) < 4.78 is 0. The van der Waals surface area contributed by atoms with Gasteiger partial charge in [-0.1, -0.05) is 12.8 Å². The summed E-state index contributed by atoms with van der Waals surface area (Å²) in [5, 5.41) is 6.84. The molecule has 96 valence electrons. The van der Waals surface area contributed by atoms with Gasteiger partial charge in [-0.05, 0) is 38.1 Å². The van der Waals surface area contributed by atoms with Gasteiger partial charge in [0.15, 0.2) is 0 Å². The topological polar surface area (TPSA) is 24.9 Å². The van der Waals surface area contributed by atoms with Gasteiger partial charge in [-0.2, -0.15) is 0 Å². The predicted octanol–water partition coefficient (Wildman–Crippen LogP) is 3.59. The molecule has 0 aliphatic heterocycles. The van der Waals surface area contributed by atoms with Gasteiger partial charge in [0.05, 0.1) is 0 Å². The Morgan fingerprint density at radius 2 is 2.18 bits per heavy atom. The predicted molar refractivity (Wildman–Crippen MR) is 74.7 cm³/mol. The minimum atomic E-state index is 0.718. The zero-order valence-corrected chi connectivity index (χ0v) is 12.0. The average Bonchev–Trinajstić information content (AvgIpc) is 2.76. The van der Waals surface area contributed by atoms with Crippen molar-refractivity contribution in [1.29, 1.82) is 0 Å². The van der Waals surface area contributed by atoms with Crippen LogP contribution in [-0.2, 0) is 6.54 Å². The quantitative estimate of drug-likeness (QED) is 0.829. The summed E-state index contributed by atoms with van der Waals surface area (Å²) in [7, 11) is 0. The van der Waals surface area contributed by atoms with E-state index in [4.69, 9.17) is 11.6 Å². The minimum Gasteiger partial charge on any atom is -0.310 e. The number of halogens is 1. The Morgan fingerprint density at radius 1 is 1.41 bits per heavy atom. The van der Waals surface area contributed by atoms with Crippen LogP contribution >= 0.6 is 22.9 Å². The van der Waals surface area contributed by atoms with Gasteiger partial charge in [0.1, 0.15) is 5.01 Å². The molecule has 1 aromatic rings. The highest BCUT2D eigenvalue weighted by Gasteiger charge is 2.23. The molecule has 1 saturated carbocycles. The summed E-state index contributed by atoms with van der Waals surface area (Å²) >= 11 is 7.78. The second-order valence-electron chi connectivity index (χ2n) is 4.97. The molecule has 0 amide bonds. The summed E-state index contributed by atoms with van der Waals surface area (Å²) in [5.41, 5.74) is 1.13. The fourth-order valence-electron chi connectivity index (χ4n) is 2.60. The number of alkyl halides is 1. The number of hydrogen-bond donors (Lipinski definition) is 1. The Hall–Kier alpha value is -0.120. The van der Waals surface area contributed by atoms with Crippen LogP contribution in [0, 0.1) is 18.8 Å².